The van der Waals surface area contributed by atoms with Crippen LogP contribution in [0, 0.1) is 0 Å². The van der Waals surface area contributed by atoms with Gasteiger partial charge in [0.2, 0.25) is 0 Å². The van der Waals surface area contributed by atoms with E-state index in [2.05, 4.69) is 10.6 Å². The fourth-order valence-electron chi connectivity index (χ4n) is 1.60. The summed E-state index contributed by atoms with van der Waals surface area (Å²) in [7, 11) is 0. The predicted octanol–water partition coefficient (Wildman–Crippen LogP) is 2.72. The van der Waals surface area contributed by atoms with Gasteiger partial charge in [-0.25, -0.2) is 4.79 Å². The maximum atomic E-state index is 11.6. The quantitative estimate of drug-likeness (QED) is 0.706. The summed E-state index contributed by atoms with van der Waals surface area (Å²) in [5, 5.41) is 8.12. The zero-order valence-electron chi connectivity index (χ0n) is 12.7. The first-order valence-electron chi connectivity index (χ1n) is 6.80. The van der Waals surface area contributed by atoms with Crippen molar-refractivity contribution in [3.05, 3.63) is 16.3 Å². The highest BCUT2D eigenvalue weighted by Crippen LogP contribution is 2.17. The molecule has 1 amide bonds. The lowest BCUT2D eigenvalue weighted by molar-refractivity contribution is 0.0506. The number of alkyl carbamates (subject to hydrolysis) is 1. The predicted molar refractivity (Wildman–Crippen MR) is 83.9 cm³/mol. The minimum atomic E-state index is -0.460. The first-order valence-corrected chi connectivity index (χ1v) is 7.68. The minimum Gasteiger partial charge on any atom is -0.444 e. The van der Waals surface area contributed by atoms with E-state index in [4.69, 9.17) is 10.5 Å². The van der Waals surface area contributed by atoms with E-state index in [9.17, 15) is 4.79 Å². The van der Waals surface area contributed by atoms with Gasteiger partial charge in [0, 0.05) is 23.2 Å². The summed E-state index contributed by atoms with van der Waals surface area (Å²) < 4.78 is 5.20. The maximum absolute atomic E-state index is 11.6. The molecular formula is C14H25N3O2S. The van der Waals surface area contributed by atoms with E-state index < -0.39 is 5.60 Å². The smallest absolute Gasteiger partial charge is 0.407 e. The van der Waals surface area contributed by atoms with Crippen molar-refractivity contribution in [2.45, 2.75) is 52.3 Å². The molecule has 0 spiro atoms. The average Bonchev–Trinajstić information content (AvgIpc) is 2.67. The lowest BCUT2D eigenvalue weighted by Crippen LogP contribution is -2.38. The maximum Gasteiger partial charge on any atom is 0.407 e. The third-order valence-electron chi connectivity index (χ3n) is 2.58. The Balaban J connectivity index is 2.15. The molecule has 0 aliphatic carbocycles. The van der Waals surface area contributed by atoms with Crippen molar-refractivity contribution in [2.24, 2.45) is 0 Å². The summed E-state index contributed by atoms with van der Waals surface area (Å²) in [5.74, 6) is 0. The van der Waals surface area contributed by atoms with Gasteiger partial charge < -0.3 is 21.1 Å². The SMILES string of the molecule is CC(CCNCc1sccc1N)NC(=O)OC(C)(C)C. The first-order chi connectivity index (χ1) is 9.28. The molecule has 0 saturated carbocycles. The van der Waals surface area contributed by atoms with Crippen LogP contribution in [0.4, 0.5) is 10.5 Å². The molecule has 0 aliphatic rings. The highest BCUT2D eigenvalue weighted by Gasteiger charge is 2.17. The number of nitrogens with two attached hydrogens (primary N) is 1. The highest BCUT2D eigenvalue weighted by molar-refractivity contribution is 7.10. The van der Waals surface area contributed by atoms with Gasteiger partial charge in [0.25, 0.3) is 0 Å². The molecule has 6 heteroatoms. The van der Waals surface area contributed by atoms with E-state index in [1.807, 2.05) is 39.1 Å². The monoisotopic (exact) mass is 299 g/mol. The van der Waals surface area contributed by atoms with E-state index >= 15 is 0 Å². The molecule has 0 fully saturated rings. The Kier molecular flexibility index (Phi) is 6.29. The summed E-state index contributed by atoms with van der Waals surface area (Å²) in [6.45, 7) is 9.10. The minimum absolute atomic E-state index is 0.0676. The molecule has 0 radical (unpaired) electrons. The highest BCUT2D eigenvalue weighted by atomic mass is 32.1. The second kappa shape index (κ2) is 7.50. The Morgan fingerprint density at radius 3 is 2.75 bits per heavy atom. The van der Waals surface area contributed by atoms with Crippen molar-refractivity contribution >= 4 is 23.1 Å². The van der Waals surface area contributed by atoms with Gasteiger partial charge in [0.1, 0.15) is 5.60 Å². The van der Waals surface area contributed by atoms with Crippen LogP contribution < -0.4 is 16.4 Å². The molecule has 1 atom stereocenters. The van der Waals surface area contributed by atoms with Crippen molar-refractivity contribution in [1.82, 2.24) is 10.6 Å². The number of carbonyl (C=O) groups is 1. The Labute approximate surface area is 124 Å². The van der Waals surface area contributed by atoms with Gasteiger partial charge in [-0.1, -0.05) is 0 Å². The fourth-order valence-corrected chi connectivity index (χ4v) is 2.36. The number of nitrogens with one attached hydrogen (secondary N) is 2. The van der Waals surface area contributed by atoms with Crippen molar-refractivity contribution in [1.29, 1.82) is 0 Å². The second-order valence-corrected chi connectivity index (χ2v) is 6.81. The summed E-state index contributed by atoms with van der Waals surface area (Å²) in [6, 6.07) is 1.98. The van der Waals surface area contributed by atoms with Gasteiger partial charge >= 0.3 is 6.09 Å². The number of thiophene rings is 1. The molecule has 1 aromatic rings. The van der Waals surface area contributed by atoms with Crippen molar-refractivity contribution in [2.75, 3.05) is 12.3 Å². The van der Waals surface area contributed by atoms with Crippen LogP contribution in [0.15, 0.2) is 11.4 Å². The standard InChI is InChI=1S/C14H25N3O2S/c1-10(17-13(18)19-14(2,3)4)5-7-16-9-12-11(15)6-8-20-12/h6,8,10,16H,5,7,9,15H2,1-4H3,(H,17,18). The second-order valence-electron chi connectivity index (χ2n) is 5.81. The molecule has 5 nitrogen and oxygen atoms in total. The fraction of sp³-hybridized carbons (Fsp3) is 0.643. The van der Waals surface area contributed by atoms with Crippen molar-refractivity contribution in [3.8, 4) is 0 Å². The molecule has 0 saturated heterocycles. The average molecular weight is 299 g/mol. The first kappa shape index (κ1) is 16.8. The van der Waals surface area contributed by atoms with E-state index in [0.717, 1.165) is 30.1 Å². The molecule has 0 bridgehead atoms. The van der Waals surface area contributed by atoms with Gasteiger partial charge in [-0.05, 0) is 52.1 Å². The molecular weight excluding hydrogens is 274 g/mol. The Morgan fingerprint density at radius 1 is 1.50 bits per heavy atom. The Hall–Kier alpha value is -1.27. The zero-order chi connectivity index (χ0) is 15.2. The summed E-state index contributed by atoms with van der Waals surface area (Å²) >= 11 is 1.65. The molecule has 1 rings (SSSR count). The number of rotatable bonds is 6. The van der Waals surface area contributed by atoms with Crippen LogP contribution in [-0.2, 0) is 11.3 Å². The molecule has 114 valence electrons. The van der Waals surface area contributed by atoms with E-state index in [0.29, 0.717) is 0 Å². The number of carbonyl (C=O) groups excluding carboxylic acids is 1. The number of hydrogen-bond acceptors (Lipinski definition) is 5. The van der Waals surface area contributed by atoms with Crippen LogP contribution in [0.25, 0.3) is 0 Å². The van der Waals surface area contributed by atoms with E-state index in [1.165, 1.54) is 0 Å². The molecule has 1 aromatic heterocycles. The molecule has 20 heavy (non-hydrogen) atoms. The van der Waals surface area contributed by atoms with Crippen molar-refractivity contribution in [3.63, 3.8) is 0 Å². The number of amides is 1. The van der Waals surface area contributed by atoms with Crippen LogP contribution in [-0.4, -0.2) is 24.3 Å². The van der Waals surface area contributed by atoms with Gasteiger partial charge in [0.05, 0.1) is 0 Å². The van der Waals surface area contributed by atoms with Crippen LogP contribution in [0.1, 0.15) is 39.0 Å². The van der Waals surface area contributed by atoms with Crippen LogP contribution in [0.5, 0.6) is 0 Å². The van der Waals surface area contributed by atoms with Crippen LogP contribution in [0.2, 0.25) is 0 Å². The van der Waals surface area contributed by atoms with Crippen LogP contribution >= 0.6 is 11.3 Å². The normalized spacial score (nSPS) is 13.0. The lowest BCUT2D eigenvalue weighted by atomic mass is 10.2. The number of ether oxygens (including phenoxy) is 1. The van der Waals surface area contributed by atoms with Gasteiger partial charge in [-0.15, -0.1) is 11.3 Å². The summed E-state index contributed by atoms with van der Waals surface area (Å²) in [4.78, 5) is 12.7. The van der Waals surface area contributed by atoms with E-state index in [-0.39, 0.29) is 12.1 Å². The molecule has 0 aliphatic heterocycles. The van der Waals surface area contributed by atoms with E-state index in [1.54, 1.807) is 11.3 Å². The molecule has 1 unspecified atom stereocenters. The molecule has 1 heterocycles. The molecule has 0 aromatic carbocycles. The van der Waals surface area contributed by atoms with Gasteiger partial charge in [-0.2, -0.15) is 0 Å². The zero-order valence-corrected chi connectivity index (χ0v) is 13.5. The van der Waals surface area contributed by atoms with Crippen LogP contribution in [0.3, 0.4) is 0 Å². The largest absolute Gasteiger partial charge is 0.444 e. The van der Waals surface area contributed by atoms with Gasteiger partial charge in [-0.3, -0.25) is 0 Å². The third-order valence-corrected chi connectivity index (χ3v) is 3.52. The lowest BCUT2D eigenvalue weighted by Gasteiger charge is -2.22. The number of nitrogen functional groups attached to an aromatic ring is 1. The number of hydrogen-bond donors (Lipinski definition) is 3. The molecule has 4 N–H and O–H groups in total. The van der Waals surface area contributed by atoms with Crippen molar-refractivity contribution < 1.29 is 9.53 Å². The summed E-state index contributed by atoms with van der Waals surface area (Å²) in [6.07, 6.45) is 0.470. The summed E-state index contributed by atoms with van der Waals surface area (Å²) in [5.41, 5.74) is 6.18. The Morgan fingerprint density at radius 2 is 2.20 bits per heavy atom. The number of anilines is 1. The third kappa shape index (κ3) is 6.77. The topological polar surface area (TPSA) is 76.4 Å². The Bertz CT molecular complexity index is 426. The van der Waals surface area contributed by atoms with Gasteiger partial charge in [0.15, 0.2) is 0 Å².